The number of aromatic hydroxyl groups is 1. The number of phenols is 1. The van der Waals surface area contributed by atoms with E-state index in [1.54, 1.807) is 84.9 Å². The molecule has 29 heteroatoms. The highest BCUT2D eigenvalue weighted by Crippen LogP contribution is 2.50. The van der Waals surface area contributed by atoms with Gasteiger partial charge in [-0.15, -0.1) is 11.3 Å². The van der Waals surface area contributed by atoms with Crippen molar-refractivity contribution in [3.05, 3.63) is 147 Å². The minimum Gasteiger partial charge on any atom is -0.505 e. The van der Waals surface area contributed by atoms with Crippen LogP contribution in [0.25, 0.3) is 31.2 Å². The van der Waals surface area contributed by atoms with Crippen molar-refractivity contribution >= 4 is 119 Å². The third kappa shape index (κ3) is 18.8. The van der Waals surface area contributed by atoms with Gasteiger partial charge in [-0.2, -0.15) is 0 Å². The topological polar surface area (TPSA) is 406 Å². The SMILES string of the molecule is CO[C@H]1/C=C/O[C@@]2(C)Oc3c(C)c(=O)c4c(O)c(c5sc6cc(N7CCC(c8ccc(NC(=O)OCc9ccc(NC(=O)[C@H](CCCNC(N)=O)NC(=O)[C@@H](NC(=O)CCCCCN%10C(=O)C=CC%10=O)C(C)C)cc9)cc8)CC7)ccc6nc5c4c3C2=O)NC(=O)/C(C)=C\C=C\[C@H](C)[C@H](O)[C@@H](C)[C@@H](O)[C@@H](C)[C@H](O)[C@@H]1C. The minimum atomic E-state index is -2.05. The molecule has 28 nitrogen and oxygen atoms in total. The fourth-order valence-corrected chi connectivity index (χ4v) is 15.5. The molecule has 0 aliphatic carbocycles. The first kappa shape index (κ1) is 81.9. The van der Waals surface area contributed by atoms with E-state index in [1.165, 1.54) is 62.9 Å². The quantitative estimate of drug-likeness (QED) is 0.00990. The molecule has 11 atom stereocenters. The number of fused-ring (bicyclic) bond motifs is 2. The van der Waals surface area contributed by atoms with E-state index in [0.29, 0.717) is 59.5 Å². The third-order valence-electron chi connectivity index (χ3n) is 21.2. The van der Waals surface area contributed by atoms with Gasteiger partial charge in [0.25, 0.3) is 23.5 Å². The van der Waals surface area contributed by atoms with Gasteiger partial charge in [0.05, 0.1) is 62.1 Å². The summed E-state index contributed by atoms with van der Waals surface area (Å²) in [6.45, 7) is 16.4. The molecule has 4 aliphatic rings. The van der Waals surface area contributed by atoms with Crippen molar-refractivity contribution in [2.24, 2.45) is 35.3 Å². The second kappa shape index (κ2) is 35.8. The number of allylic oxidation sites excluding steroid dienone is 2. The van der Waals surface area contributed by atoms with Crippen LogP contribution in [0.4, 0.5) is 32.3 Å². The number of nitrogens with one attached hydrogen (secondary N) is 6. The number of benzene rings is 5. The van der Waals surface area contributed by atoms with Crippen LogP contribution in [0, 0.1) is 36.5 Å². The number of rotatable bonds is 22. The number of imide groups is 1. The molecular formula is C81H98N10O18S. The van der Waals surface area contributed by atoms with E-state index in [0.717, 1.165) is 29.0 Å². The molecule has 1 aromatic heterocycles. The Kier molecular flexibility index (Phi) is 26.7. The molecule has 4 aliphatic heterocycles. The van der Waals surface area contributed by atoms with Crippen molar-refractivity contribution in [2.75, 3.05) is 54.1 Å². The first-order chi connectivity index (χ1) is 52.4. The van der Waals surface area contributed by atoms with E-state index in [1.807, 2.05) is 42.5 Å². The number of primary amides is 1. The van der Waals surface area contributed by atoms with Gasteiger partial charge in [-0.1, -0.05) is 90.5 Å². The molecule has 0 radical (unpaired) electrons. The Labute approximate surface area is 640 Å². The normalized spacial score (nSPS) is 23.6. The summed E-state index contributed by atoms with van der Waals surface area (Å²) in [6, 6.07) is 17.1. The zero-order valence-corrected chi connectivity index (χ0v) is 64.2. The fraction of sp³-hybridized carbons (Fsp3) is 0.444. The molecule has 12 N–H and O–H groups in total. The number of nitrogens with zero attached hydrogens (tertiary/aromatic N) is 3. The lowest BCUT2D eigenvalue weighted by molar-refractivity contribution is -0.137. The zero-order valence-electron chi connectivity index (χ0n) is 63.3. The molecule has 0 unspecified atom stereocenters. The number of carbonyl (C=O) groups is 9. The van der Waals surface area contributed by atoms with Crippen molar-refractivity contribution < 1.29 is 82.5 Å². The molecule has 110 heavy (non-hydrogen) atoms. The number of carbonyl (C=O) groups excluding carboxylic acids is 9. The summed E-state index contributed by atoms with van der Waals surface area (Å²) >= 11 is 1.20. The summed E-state index contributed by atoms with van der Waals surface area (Å²) in [4.78, 5) is 141. The predicted octanol–water partition coefficient (Wildman–Crippen LogP) is 9.53. The Morgan fingerprint density at radius 2 is 1.46 bits per heavy atom. The maximum absolute atomic E-state index is 15.0. The molecule has 0 saturated carbocycles. The Balaban J connectivity index is 0.780. The van der Waals surface area contributed by atoms with E-state index >= 15 is 0 Å². The van der Waals surface area contributed by atoms with Crippen LogP contribution in [-0.2, 0) is 49.6 Å². The number of nitrogens with two attached hydrogens (primary N) is 1. The summed E-state index contributed by atoms with van der Waals surface area (Å²) < 4.78 is 24.7. The van der Waals surface area contributed by atoms with Gasteiger partial charge in [0.1, 0.15) is 30.1 Å². The Morgan fingerprint density at radius 1 is 0.800 bits per heavy atom. The number of phenolic OH excluding ortho intramolecular Hbond substituents is 1. The molecular weight excluding hydrogens is 1430 g/mol. The summed E-state index contributed by atoms with van der Waals surface area (Å²) in [7, 11) is 1.44. The number of urea groups is 1. The van der Waals surface area contributed by atoms with E-state index in [4.69, 9.17) is 29.7 Å². The summed E-state index contributed by atoms with van der Waals surface area (Å²) in [5.74, 6) is -9.03. The number of aliphatic hydroxyl groups excluding tert-OH is 3. The number of ketones is 1. The molecule has 1 fully saturated rings. The number of aromatic nitrogens is 1. The van der Waals surface area contributed by atoms with Gasteiger partial charge in [0.15, 0.2) is 11.2 Å². The summed E-state index contributed by atoms with van der Waals surface area (Å²) in [6.07, 6.45) is 8.76. The average molecular weight is 1530 g/mol. The van der Waals surface area contributed by atoms with E-state index < -0.39 is 113 Å². The van der Waals surface area contributed by atoms with Gasteiger partial charge < -0.3 is 76.6 Å². The van der Waals surface area contributed by atoms with Crippen molar-refractivity contribution in [3.63, 3.8) is 0 Å². The largest absolute Gasteiger partial charge is 0.505 e. The van der Waals surface area contributed by atoms with Crippen molar-refractivity contribution in [1.29, 1.82) is 0 Å². The number of unbranched alkanes of at least 4 members (excludes halogenated alkanes) is 2. The molecule has 5 aromatic carbocycles. The first-order valence-electron chi connectivity index (χ1n) is 37.1. The third-order valence-corrected chi connectivity index (χ3v) is 22.3. The Morgan fingerprint density at radius 3 is 2.14 bits per heavy atom. The number of anilines is 4. The van der Waals surface area contributed by atoms with Gasteiger partial charge in [-0.3, -0.25) is 48.6 Å². The fourth-order valence-electron chi connectivity index (χ4n) is 14.3. The number of amides is 9. The second-order valence-corrected chi connectivity index (χ2v) is 30.4. The van der Waals surface area contributed by atoms with Crippen LogP contribution in [0.1, 0.15) is 140 Å². The monoisotopic (exact) mass is 1530 g/mol. The minimum absolute atomic E-state index is 0.00121. The van der Waals surface area contributed by atoms with Crippen LogP contribution < -0.4 is 52.7 Å². The molecule has 586 valence electrons. The van der Waals surface area contributed by atoms with Crippen molar-refractivity contribution in [3.8, 4) is 11.5 Å². The number of methoxy groups -OCH3 is 1. The number of hydrogen-bond donors (Lipinski definition) is 11. The Hall–Kier alpha value is -10.6. The summed E-state index contributed by atoms with van der Waals surface area (Å²) in [5.41, 5.74) is 8.72. The van der Waals surface area contributed by atoms with E-state index in [9.17, 15) is 68.4 Å². The Bertz CT molecular complexity index is 4670. The maximum atomic E-state index is 15.0. The van der Waals surface area contributed by atoms with Crippen LogP contribution >= 0.6 is 11.3 Å². The highest BCUT2D eigenvalue weighted by atomic mass is 32.1. The molecule has 9 amide bonds. The van der Waals surface area contributed by atoms with Gasteiger partial charge in [0, 0.05) is 116 Å². The molecule has 0 spiro atoms. The molecule has 4 bridgehead atoms. The van der Waals surface area contributed by atoms with E-state index in [2.05, 4.69) is 36.8 Å². The molecule has 1 saturated heterocycles. The van der Waals surface area contributed by atoms with Gasteiger partial charge in [0.2, 0.25) is 17.7 Å². The number of piperidine rings is 1. The van der Waals surface area contributed by atoms with Gasteiger partial charge in [-0.25, -0.2) is 14.6 Å². The first-order valence-corrected chi connectivity index (χ1v) is 38.0. The lowest BCUT2D eigenvalue weighted by atomic mass is 9.78. The number of Topliss-reactive ketones (excluding diaryl/α,β-unsaturated/α-hetero) is 1. The smallest absolute Gasteiger partial charge is 0.411 e. The standard InChI is InChI=1S/C81H98N10O18S/c1-42(2)65(88-59(92)19-12-11-13-36-91-60(93)30-31-61(91)94)78(103)87-56(18-15-35-83-79(82)104)77(102)84-52-24-20-49(21-25-52)41-107-80(105)85-53-26-22-50(23-27-53)51-32-37-90(38-33-51)54-28-29-55-58(40-54)110-74-66(86-55)62-63-71(98)48(8)73-64(62)75(100)81(9,109-73)108-39-34-57(106-10)45(5)69(96)47(7)70(97)46(6)68(95)43(3)16-14-17-44(4)76(101)89-67(74)72(63)99/h14,16-17,20-31,34,39-40,42-43,45-47,51,56-57,65,68-70,95-97,99H,11-13,15,18-19,32-33,35-38,41H2,1-10H3,(H,84,102)(H,85,105)(H,87,103)(H,88,92)(H,89,101)(H3,82,83,104)/b16-14+,39-34+,44-17-/t43-,45+,46+,47-,56-,57-,65-,68-,69+,70+,81-/m0/s1. The highest BCUT2D eigenvalue weighted by molar-refractivity contribution is 7.25. The predicted molar refractivity (Wildman–Crippen MR) is 417 cm³/mol. The highest BCUT2D eigenvalue weighted by Gasteiger charge is 2.50. The van der Waals surface area contributed by atoms with Crippen molar-refractivity contribution in [1.82, 2.24) is 25.8 Å². The number of ether oxygens (including phenoxy) is 4. The van der Waals surface area contributed by atoms with Gasteiger partial charge >= 0.3 is 17.9 Å². The number of hydrogen-bond acceptors (Lipinski definition) is 21. The summed E-state index contributed by atoms with van der Waals surface area (Å²) in [5, 5.41) is 63.2. The molecule has 6 aromatic rings. The average Bonchev–Trinajstić information content (AvgIpc) is 1.44. The van der Waals surface area contributed by atoms with Crippen LogP contribution in [0.2, 0.25) is 0 Å². The maximum Gasteiger partial charge on any atom is 0.411 e. The van der Waals surface area contributed by atoms with Crippen LogP contribution in [0.3, 0.4) is 0 Å². The molecule has 5 heterocycles. The lowest BCUT2D eigenvalue weighted by Gasteiger charge is -2.36. The second-order valence-electron chi connectivity index (χ2n) is 29.3. The van der Waals surface area contributed by atoms with E-state index in [-0.39, 0.29) is 118 Å². The van der Waals surface area contributed by atoms with Crippen LogP contribution in [-0.4, -0.2) is 159 Å². The van der Waals surface area contributed by atoms with Crippen LogP contribution in [0.15, 0.2) is 120 Å². The lowest BCUT2D eigenvalue weighted by Crippen LogP contribution is -2.54. The van der Waals surface area contributed by atoms with Crippen molar-refractivity contribution in [2.45, 2.75) is 168 Å². The molecule has 10 rings (SSSR count). The van der Waals surface area contributed by atoms with Gasteiger partial charge in [-0.05, 0) is 124 Å². The van der Waals surface area contributed by atoms with Crippen LogP contribution in [0.5, 0.6) is 11.5 Å². The zero-order chi connectivity index (χ0) is 79.6. The number of aliphatic hydroxyl groups is 3.